The van der Waals surface area contributed by atoms with Crippen LogP contribution >= 0.6 is 0 Å². The van der Waals surface area contributed by atoms with Crippen LogP contribution in [-0.4, -0.2) is 59.1 Å². The number of nitrogens with zero attached hydrogens (tertiary/aromatic N) is 1. The number of amides is 2. The Bertz CT molecular complexity index is 1120. The van der Waals surface area contributed by atoms with Crippen LogP contribution < -0.4 is 5.32 Å². The average Bonchev–Trinajstić information content (AvgIpc) is 3.50. The lowest BCUT2D eigenvalue weighted by molar-refractivity contribution is -0.149. The SMILES string of the molecule is O=C(N[C@@H](CC1CC1)C(=O)N1CC(F)(F)C[C@H]1C(=O)O)OCC1c2ccccc2-c2ccccc21. The van der Waals surface area contributed by atoms with E-state index < -0.39 is 48.9 Å². The maximum absolute atomic E-state index is 13.9. The number of carbonyl (C=O) groups is 3. The van der Waals surface area contributed by atoms with E-state index in [-0.39, 0.29) is 24.9 Å². The highest BCUT2D eigenvalue weighted by Crippen LogP contribution is 2.44. The number of halogens is 2. The van der Waals surface area contributed by atoms with Gasteiger partial charge in [0, 0.05) is 12.3 Å². The van der Waals surface area contributed by atoms with E-state index in [1.165, 1.54) is 0 Å². The predicted molar refractivity (Wildman–Crippen MR) is 122 cm³/mol. The van der Waals surface area contributed by atoms with Gasteiger partial charge in [0.2, 0.25) is 5.91 Å². The van der Waals surface area contributed by atoms with Crippen LogP contribution in [0.1, 0.15) is 42.7 Å². The Hall–Kier alpha value is -3.49. The fourth-order valence-corrected chi connectivity index (χ4v) is 5.16. The molecule has 2 amide bonds. The van der Waals surface area contributed by atoms with Crippen LogP contribution in [0.15, 0.2) is 48.5 Å². The molecule has 7 nitrogen and oxygen atoms in total. The first kappa shape index (κ1) is 23.3. The van der Waals surface area contributed by atoms with Gasteiger partial charge in [-0.1, -0.05) is 61.4 Å². The van der Waals surface area contributed by atoms with E-state index in [1.807, 2.05) is 48.5 Å². The largest absolute Gasteiger partial charge is 0.480 e. The summed E-state index contributed by atoms with van der Waals surface area (Å²) >= 11 is 0. The van der Waals surface area contributed by atoms with E-state index in [0.29, 0.717) is 4.90 Å². The van der Waals surface area contributed by atoms with Crippen molar-refractivity contribution in [3.63, 3.8) is 0 Å². The maximum atomic E-state index is 13.9. The molecule has 2 aromatic rings. The molecule has 2 aromatic carbocycles. The third-order valence-electron chi connectivity index (χ3n) is 7.04. The van der Waals surface area contributed by atoms with Gasteiger partial charge in [-0.05, 0) is 34.6 Å². The van der Waals surface area contributed by atoms with E-state index in [0.717, 1.165) is 35.1 Å². The Balaban J connectivity index is 1.28. The zero-order valence-corrected chi connectivity index (χ0v) is 19.0. The average molecular weight is 484 g/mol. The molecule has 0 bridgehead atoms. The molecular weight excluding hydrogens is 458 g/mol. The minimum Gasteiger partial charge on any atom is -0.480 e. The van der Waals surface area contributed by atoms with Crippen molar-refractivity contribution in [2.45, 2.75) is 49.6 Å². The summed E-state index contributed by atoms with van der Waals surface area (Å²) in [6.07, 6.45) is 0.236. The van der Waals surface area contributed by atoms with E-state index >= 15 is 0 Å². The first-order valence-corrected chi connectivity index (χ1v) is 11.8. The molecule has 0 radical (unpaired) electrons. The number of carboxylic acid groups (broad SMARTS) is 1. The number of aliphatic carboxylic acids is 1. The van der Waals surface area contributed by atoms with Crippen molar-refractivity contribution in [1.82, 2.24) is 10.2 Å². The van der Waals surface area contributed by atoms with Crippen LogP contribution in [0, 0.1) is 5.92 Å². The van der Waals surface area contributed by atoms with Crippen molar-refractivity contribution in [3.8, 4) is 11.1 Å². The summed E-state index contributed by atoms with van der Waals surface area (Å²) in [5, 5.41) is 11.9. The number of hydrogen-bond acceptors (Lipinski definition) is 4. The van der Waals surface area contributed by atoms with Gasteiger partial charge in [0.05, 0.1) is 6.54 Å². The number of alkyl carbamates (subject to hydrolysis) is 1. The number of alkyl halides is 2. The molecule has 2 atom stereocenters. The molecule has 9 heteroatoms. The molecule has 1 saturated carbocycles. The number of nitrogens with one attached hydrogen (secondary N) is 1. The van der Waals surface area contributed by atoms with E-state index in [9.17, 15) is 28.3 Å². The van der Waals surface area contributed by atoms with Crippen LogP contribution in [-0.2, 0) is 14.3 Å². The Labute approximate surface area is 201 Å². The van der Waals surface area contributed by atoms with Crippen LogP contribution in [0.3, 0.4) is 0 Å². The molecule has 1 aliphatic heterocycles. The molecule has 2 N–H and O–H groups in total. The second kappa shape index (κ2) is 8.94. The summed E-state index contributed by atoms with van der Waals surface area (Å²) < 4.78 is 33.4. The quantitative estimate of drug-likeness (QED) is 0.619. The summed E-state index contributed by atoms with van der Waals surface area (Å²) in [5.41, 5.74) is 4.23. The van der Waals surface area contributed by atoms with E-state index in [2.05, 4.69) is 5.32 Å². The number of carboxylic acids is 1. The maximum Gasteiger partial charge on any atom is 0.407 e. The summed E-state index contributed by atoms with van der Waals surface area (Å²) in [6, 6.07) is 13.0. The highest BCUT2D eigenvalue weighted by Gasteiger charge is 2.51. The molecule has 1 heterocycles. The number of benzene rings is 2. The zero-order valence-electron chi connectivity index (χ0n) is 19.0. The normalized spacial score (nSPS) is 21.2. The molecule has 3 aliphatic rings. The van der Waals surface area contributed by atoms with Gasteiger partial charge in [-0.25, -0.2) is 18.4 Å². The van der Waals surface area contributed by atoms with Gasteiger partial charge in [-0.15, -0.1) is 0 Å². The minimum absolute atomic E-state index is 0.0454. The summed E-state index contributed by atoms with van der Waals surface area (Å²) in [4.78, 5) is 38.0. The molecule has 184 valence electrons. The number of hydrogen-bond donors (Lipinski definition) is 2. The van der Waals surface area contributed by atoms with Gasteiger partial charge in [0.15, 0.2) is 0 Å². The summed E-state index contributed by atoms with van der Waals surface area (Å²) in [7, 11) is 0. The highest BCUT2D eigenvalue weighted by molar-refractivity contribution is 5.90. The van der Waals surface area contributed by atoms with Gasteiger partial charge >= 0.3 is 12.1 Å². The number of likely N-dealkylation sites (tertiary alicyclic amines) is 1. The molecular formula is C26H26F2N2O5. The summed E-state index contributed by atoms with van der Waals surface area (Å²) in [6.45, 7) is -0.930. The number of fused-ring (bicyclic) bond motifs is 3. The van der Waals surface area contributed by atoms with Crippen molar-refractivity contribution in [1.29, 1.82) is 0 Å². The Morgan fingerprint density at radius 2 is 1.66 bits per heavy atom. The molecule has 5 rings (SSSR count). The van der Waals surface area contributed by atoms with Gasteiger partial charge < -0.3 is 20.1 Å². The first-order valence-electron chi connectivity index (χ1n) is 11.8. The predicted octanol–water partition coefficient (Wildman–Crippen LogP) is 4.01. The third-order valence-corrected chi connectivity index (χ3v) is 7.04. The van der Waals surface area contributed by atoms with E-state index in [1.54, 1.807) is 0 Å². The van der Waals surface area contributed by atoms with Crippen LogP contribution in [0.5, 0.6) is 0 Å². The first-order chi connectivity index (χ1) is 16.7. The lowest BCUT2D eigenvalue weighted by Gasteiger charge is -2.27. The molecule has 2 fully saturated rings. The zero-order chi connectivity index (χ0) is 24.7. The van der Waals surface area contributed by atoms with Crippen LogP contribution in [0.4, 0.5) is 13.6 Å². The van der Waals surface area contributed by atoms with Crippen molar-refractivity contribution >= 4 is 18.0 Å². The van der Waals surface area contributed by atoms with Crippen LogP contribution in [0.25, 0.3) is 11.1 Å². The monoisotopic (exact) mass is 484 g/mol. The fourth-order valence-electron chi connectivity index (χ4n) is 5.16. The Morgan fingerprint density at radius 1 is 1.06 bits per heavy atom. The lowest BCUT2D eigenvalue weighted by atomic mass is 9.98. The number of ether oxygens (including phenoxy) is 1. The van der Waals surface area contributed by atoms with Crippen molar-refractivity contribution in [2.24, 2.45) is 5.92 Å². The second-order valence-corrected chi connectivity index (χ2v) is 9.58. The number of carbonyl (C=O) groups excluding carboxylic acids is 2. The number of rotatable bonds is 7. The van der Waals surface area contributed by atoms with Gasteiger partial charge in [0.25, 0.3) is 5.92 Å². The second-order valence-electron chi connectivity index (χ2n) is 9.58. The van der Waals surface area contributed by atoms with Gasteiger partial charge in [-0.3, -0.25) is 4.79 Å². The molecule has 0 aromatic heterocycles. The standard InChI is InChI=1S/C26H26F2N2O5/c27-26(28)12-22(24(32)33)30(14-26)23(31)21(11-15-9-10-15)29-25(34)35-13-20-18-7-3-1-5-16(18)17-6-2-4-8-19(17)20/h1-8,15,20-22H,9-14H2,(H,29,34)(H,32,33)/t21-,22-/m0/s1. The lowest BCUT2D eigenvalue weighted by Crippen LogP contribution is -2.52. The van der Waals surface area contributed by atoms with Crippen molar-refractivity contribution < 1.29 is 33.0 Å². The van der Waals surface area contributed by atoms with Crippen molar-refractivity contribution in [2.75, 3.05) is 13.2 Å². The molecule has 0 unspecified atom stereocenters. The van der Waals surface area contributed by atoms with Crippen molar-refractivity contribution in [3.05, 3.63) is 59.7 Å². The van der Waals surface area contributed by atoms with Gasteiger partial charge in [-0.2, -0.15) is 0 Å². The smallest absolute Gasteiger partial charge is 0.407 e. The van der Waals surface area contributed by atoms with Crippen LogP contribution in [0.2, 0.25) is 0 Å². The fraction of sp³-hybridized carbons (Fsp3) is 0.423. The Morgan fingerprint density at radius 3 is 2.23 bits per heavy atom. The summed E-state index contributed by atoms with van der Waals surface area (Å²) in [5.74, 6) is -5.56. The highest BCUT2D eigenvalue weighted by atomic mass is 19.3. The molecule has 0 spiro atoms. The molecule has 1 saturated heterocycles. The minimum atomic E-state index is -3.29. The third kappa shape index (κ3) is 4.72. The molecule has 35 heavy (non-hydrogen) atoms. The van der Waals surface area contributed by atoms with E-state index in [4.69, 9.17) is 4.74 Å². The molecule has 2 aliphatic carbocycles. The van der Waals surface area contributed by atoms with Gasteiger partial charge in [0.1, 0.15) is 18.7 Å². The Kier molecular flexibility index (Phi) is 5.94. The topological polar surface area (TPSA) is 95.9 Å².